The molecule has 1 fully saturated rings. The summed E-state index contributed by atoms with van der Waals surface area (Å²) in [6, 6.07) is 0. The molecule has 0 saturated heterocycles. The fourth-order valence-electron chi connectivity index (χ4n) is 2.75. The van der Waals surface area contributed by atoms with Gasteiger partial charge in [0.15, 0.2) is 0 Å². The van der Waals surface area contributed by atoms with E-state index in [-0.39, 0.29) is 12.0 Å². The Morgan fingerprint density at radius 3 is 2.29 bits per heavy atom. The van der Waals surface area contributed by atoms with Crippen LogP contribution in [-0.4, -0.2) is 29.3 Å². The zero-order valence-corrected chi connectivity index (χ0v) is 13.9. The number of carboxylic acid groups (broad SMARTS) is 1. The lowest BCUT2D eigenvalue weighted by Crippen LogP contribution is -2.44. The number of amides is 1. The third kappa shape index (κ3) is 5.56. The molecule has 1 unspecified atom stereocenters. The lowest BCUT2D eigenvalue weighted by atomic mass is 9.78. The summed E-state index contributed by atoms with van der Waals surface area (Å²) in [4.78, 5) is 23.5. The number of carbonyl (C=O) groups is 2. The van der Waals surface area contributed by atoms with Crippen LogP contribution in [-0.2, 0) is 9.53 Å². The molecule has 1 saturated carbocycles. The summed E-state index contributed by atoms with van der Waals surface area (Å²) >= 11 is 0. The van der Waals surface area contributed by atoms with Crippen molar-refractivity contribution in [3.63, 3.8) is 0 Å². The normalized spacial score (nSPS) is 25.8. The summed E-state index contributed by atoms with van der Waals surface area (Å²) in [5, 5.41) is 12.3. The van der Waals surface area contributed by atoms with Gasteiger partial charge in [-0.05, 0) is 51.9 Å². The van der Waals surface area contributed by atoms with Gasteiger partial charge in [-0.3, -0.25) is 4.79 Å². The predicted octanol–water partition coefficient (Wildman–Crippen LogP) is 3.57. The fraction of sp³-hybridized carbons (Fsp3) is 0.875. The molecule has 2 N–H and O–H groups in total. The topological polar surface area (TPSA) is 75.6 Å². The number of carbonyl (C=O) groups excluding carboxylic acids is 1. The van der Waals surface area contributed by atoms with Crippen LogP contribution >= 0.6 is 0 Å². The van der Waals surface area contributed by atoms with Gasteiger partial charge in [-0.15, -0.1) is 0 Å². The van der Waals surface area contributed by atoms with Gasteiger partial charge in [0.25, 0.3) is 0 Å². The van der Waals surface area contributed by atoms with Gasteiger partial charge in [-0.1, -0.05) is 20.3 Å². The third-order valence-electron chi connectivity index (χ3n) is 4.21. The number of rotatable bonds is 3. The molecule has 1 rings (SSSR count). The average molecular weight is 299 g/mol. The van der Waals surface area contributed by atoms with Crippen LogP contribution in [0.5, 0.6) is 0 Å². The first-order chi connectivity index (χ1) is 9.46. The van der Waals surface area contributed by atoms with E-state index in [1.54, 1.807) is 20.8 Å². The van der Waals surface area contributed by atoms with E-state index in [4.69, 9.17) is 4.74 Å². The minimum Gasteiger partial charge on any atom is -0.481 e. The maximum Gasteiger partial charge on any atom is 0.407 e. The fourth-order valence-corrected chi connectivity index (χ4v) is 2.75. The van der Waals surface area contributed by atoms with E-state index in [1.807, 2.05) is 0 Å². The van der Waals surface area contributed by atoms with Gasteiger partial charge in [0, 0.05) is 6.54 Å². The zero-order valence-electron chi connectivity index (χ0n) is 13.9. The average Bonchev–Trinajstić information content (AvgIpc) is 2.44. The standard InChI is InChI=1S/C16H29NO4/c1-14(2,3)21-13(20)17-11-16(12(18)19)8-6-7-15(4,5)9-10-16/h6-11H2,1-5H3,(H,17,20)(H,18,19). The Bertz CT molecular complexity index is 398. The van der Waals surface area contributed by atoms with Crippen LogP contribution in [0.15, 0.2) is 0 Å². The van der Waals surface area contributed by atoms with Gasteiger partial charge < -0.3 is 15.2 Å². The second-order valence-corrected chi connectivity index (χ2v) is 7.96. The number of hydrogen-bond donors (Lipinski definition) is 2. The van der Waals surface area contributed by atoms with E-state index < -0.39 is 23.1 Å². The van der Waals surface area contributed by atoms with Crippen molar-refractivity contribution >= 4 is 12.1 Å². The smallest absolute Gasteiger partial charge is 0.407 e. The quantitative estimate of drug-likeness (QED) is 0.781. The van der Waals surface area contributed by atoms with Crippen molar-refractivity contribution in [1.29, 1.82) is 0 Å². The first kappa shape index (κ1) is 17.8. The van der Waals surface area contributed by atoms with Gasteiger partial charge in [0.05, 0.1) is 5.41 Å². The maximum absolute atomic E-state index is 11.8. The molecule has 5 heteroatoms. The molecule has 0 bridgehead atoms. The Balaban J connectivity index is 2.70. The first-order valence-corrected chi connectivity index (χ1v) is 7.66. The molecule has 122 valence electrons. The molecule has 0 aromatic rings. The molecular formula is C16H29NO4. The Morgan fingerprint density at radius 1 is 1.14 bits per heavy atom. The first-order valence-electron chi connectivity index (χ1n) is 7.66. The van der Waals surface area contributed by atoms with Crippen molar-refractivity contribution in [3.05, 3.63) is 0 Å². The van der Waals surface area contributed by atoms with Crippen molar-refractivity contribution in [2.75, 3.05) is 6.54 Å². The highest BCUT2D eigenvalue weighted by atomic mass is 16.6. The van der Waals surface area contributed by atoms with Crippen LogP contribution in [0.25, 0.3) is 0 Å². The number of aliphatic carboxylic acids is 1. The number of nitrogens with one attached hydrogen (secondary N) is 1. The Morgan fingerprint density at radius 2 is 1.76 bits per heavy atom. The van der Waals surface area contributed by atoms with E-state index in [0.29, 0.717) is 12.8 Å². The molecular weight excluding hydrogens is 270 g/mol. The molecule has 1 amide bonds. The third-order valence-corrected chi connectivity index (χ3v) is 4.21. The second kappa shape index (κ2) is 6.24. The zero-order chi connectivity index (χ0) is 16.3. The summed E-state index contributed by atoms with van der Waals surface area (Å²) < 4.78 is 5.18. The van der Waals surface area contributed by atoms with Gasteiger partial charge in [-0.2, -0.15) is 0 Å². The molecule has 0 spiro atoms. The molecule has 0 aromatic carbocycles. The van der Waals surface area contributed by atoms with Crippen LogP contribution in [0.3, 0.4) is 0 Å². The Labute approximate surface area is 127 Å². The molecule has 0 radical (unpaired) electrons. The van der Waals surface area contributed by atoms with E-state index in [9.17, 15) is 14.7 Å². The van der Waals surface area contributed by atoms with E-state index in [1.165, 1.54) is 0 Å². The van der Waals surface area contributed by atoms with Crippen molar-refractivity contribution < 1.29 is 19.4 Å². The maximum atomic E-state index is 11.8. The SMILES string of the molecule is CC1(C)CCCC(CNC(=O)OC(C)(C)C)(C(=O)O)CC1. The highest BCUT2D eigenvalue weighted by Crippen LogP contribution is 2.42. The minimum absolute atomic E-state index is 0.132. The second-order valence-electron chi connectivity index (χ2n) is 7.96. The lowest BCUT2D eigenvalue weighted by Gasteiger charge is -2.30. The Kier molecular flexibility index (Phi) is 5.29. The van der Waals surface area contributed by atoms with Crippen LogP contribution < -0.4 is 5.32 Å². The van der Waals surface area contributed by atoms with Gasteiger partial charge in [0.1, 0.15) is 5.60 Å². The van der Waals surface area contributed by atoms with Crippen LogP contribution in [0.4, 0.5) is 4.79 Å². The van der Waals surface area contributed by atoms with Gasteiger partial charge >= 0.3 is 12.1 Å². The monoisotopic (exact) mass is 299 g/mol. The molecule has 1 aliphatic rings. The molecule has 5 nitrogen and oxygen atoms in total. The van der Waals surface area contributed by atoms with Crippen molar-refractivity contribution in [1.82, 2.24) is 5.32 Å². The number of alkyl carbamates (subject to hydrolysis) is 1. The largest absolute Gasteiger partial charge is 0.481 e. The van der Waals surface area contributed by atoms with Gasteiger partial charge in [0.2, 0.25) is 0 Å². The minimum atomic E-state index is -0.870. The van der Waals surface area contributed by atoms with Crippen LogP contribution in [0, 0.1) is 10.8 Å². The van der Waals surface area contributed by atoms with E-state index in [0.717, 1.165) is 19.3 Å². The summed E-state index contributed by atoms with van der Waals surface area (Å²) in [5.74, 6) is -0.823. The summed E-state index contributed by atoms with van der Waals surface area (Å²) in [6.45, 7) is 9.83. The lowest BCUT2D eigenvalue weighted by molar-refractivity contribution is -0.149. The highest BCUT2D eigenvalue weighted by Gasteiger charge is 2.42. The molecule has 0 aliphatic heterocycles. The number of ether oxygens (including phenoxy) is 1. The summed E-state index contributed by atoms with van der Waals surface area (Å²) in [7, 11) is 0. The van der Waals surface area contributed by atoms with Crippen LogP contribution in [0.1, 0.15) is 66.7 Å². The summed E-state index contributed by atoms with van der Waals surface area (Å²) in [6.07, 6.45) is 3.39. The van der Waals surface area contributed by atoms with Gasteiger partial charge in [-0.25, -0.2) is 4.79 Å². The van der Waals surface area contributed by atoms with E-state index in [2.05, 4.69) is 19.2 Å². The molecule has 0 aromatic heterocycles. The number of hydrogen-bond acceptors (Lipinski definition) is 3. The number of carboxylic acids is 1. The Hall–Kier alpha value is -1.26. The van der Waals surface area contributed by atoms with E-state index >= 15 is 0 Å². The molecule has 1 atom stereocenters. The molecule has 21 heavy (non-hydrogen) atoms. The van der Waals surface area contributed by atoms with Crippen molar-refractivity contribution in [2.24, 2.45) is 10.8 Å². The van der Waals surface area contributed by atoms with Crippen molar-refractivity contribution in [2.45, 2.75) is 72.3 Å². The van der Waals surface area contributed by atoms with Crippen molar-refractivity contribution in [3.8, 4) is 0 Å². The molecule has 1 aliphatic carbocycles. The predicted molar refractivity (Wildman–Crippen MR) is 81.2 cm³/mol. The highest BCUT2D eigenvalue weighted by molar-refractivity contribution is 5.76. The molecule has 0 heterocycles. The van der Waals surface area contributed by atoms with Crippen LogP contribution in [0.2, 0.25) is 0 Å². The summed E-state index contributed by atoms with van der Waals surface area (Å²) in [5.41, 5.74) is -1.28.